The summed E-state index contributed by atoms with van der Waals surface area (Å²) in [6.07, 6.45) is 5.16. The molecular formula is C12H15ClN4. The lowest BCUT2D eigenvalue weighted by Crippen LogP contribution is -2.18. The fourth-order valence-electron chi connectivity index (χ4n) is 1.64. The van der Waals surface area contributed by atoms with Gasteiger partial charge in [-0.25, -0.2) is 4.68 Å². The maximum absolute atomic E-state index is 5.82. The van der Waals surface area contributed by atoms with E-state index in [1.54, 1.807) is 23.3 Å². The summed E-state index contributed by atoms with van der Waals surface area (Å²) < 4.78 is 1.71. The number of aromatic nitrogens is 3. The van der Waals surface area contributed by atoms with Gasteiger partial charge in [0.05, 0.1) is 28.8 Å². The highest BCUT2D eigenvalue weighted by Crippen LogP contribution is 2.14. The molecule has 1 atom stereocenters. The molecule has 0 aliphatic heterocycles. The van der Waals surface area contributed by atoms with Gasteiger partial charge in [-0.3, -0.25) is 4.98 Å². The largest absolute Gasteiger partial charge is 0.309 e. The summed E-state index contributed by atoms with van der Waals surface area (Å²) in [7, 11) is 0. The van der Waals surface area contributed by atoms with Crippen LogP contribution in [0, 0.1) is 0 Å². The van der Waals surface area contributed by atoms with Crippen molar-refractivity contribution in [3.05, 3.63) is 41.4 Å². The molecule has 0 bridgehead atoms. The van der Waals surface area contributed by atoms with Crippen LogP contribution < -0.4 is 5.32 Å². The quantitative estimate of drug-likeness (QED) is 0.907. The van der Waals surface area contributed by atoms with Gasteiger partial charge in [-0.1, -0.05) is 18.5 Å². The van der Waals surface area contributed by atoms with Gasteiger partial charge >= 0.3 is 0 Å². The summed E-state index contributed by atoms with van der Waals surface area (Å²) in [5.74, 6) is 0. The Balaban J connectivity index is 2.18. The lowest BCUT2D eigenvalue weighted by Gasteiger charge is -2.11. The third-order valence-corrected chi connectivity index (χ3v) is 2.74. The van der Waals surface area contributed by atoms with Gasteiger partial charge in [0.2, 0.25) is 0 Å². The maximum atomic E-state index is 5.82. The minimum atomic E-state index is 0.259. The van der Waals surface area contributed by atoms with Gasteiger partial charge in [0.15, 0.2) is 0 Å². The predicted octanol–water partition coefficient (Wildman–Crippen LogP) is 2.59. The highest BCUT2D eigenvalue weighted by Gasteiger charge is 2.05. The number of rotatable bonds is 4. The summed E-state index contributed by atoms with van der Waals surface area (Å²) >= 11 is 5.82. The molecule has 5 heteroatoms. The molecule has 2 rings (SSSR count). The van der Waals surface area contributed by atoms with E-state index < -0.39 is 0 Å². The molecular weight excluding hydrogens is 236 g/mol. The van der Waals surface area contributed by atoms with Gasteiger partial charge in [-0.05, 0) is 25.6 Å². The Kier molecular flexibility index (Phi) is 3.76. The standard InChI is InChI=1S/C12H15ClN4/c1-3-14-9(2)12-5-4-11(7-15-12)17-8-10(13)6-16-17/h4-9,14H,3H2,1-2H3. The molecule has 2 aromatic heterocycles. The first-order valence-electron chi connectivity index (χ1n) is 5.60. The average molecular weight is 251 g/mol. The van der Waals surface area contributed by atoms with E-state index in [4.69, 9.17) is 11.6 Å². The molecule has 0 spiro atoms. The second kappa shape index (κ2) is 5.29. The number of hydrogen-bond donors (Lipinski definition) is 1. The molecule has 0 saturated carbocycles. The number of pyridine rings is 1. The molecule has 0 fully saturated rings. The molecule has 17 heavy (non-hydrogen) atoms. The van der Waals surface area contributed by atoms with Crippen LogP contribution in [0.4, 0.5) is 0 Å². The van der Waals surface area contributed by atoms with Gasteiger partial charge in [-0.2, -0.15) is 5.10 Å². The van der Waals surface area contributed by atoms with Crippen LogP contribution in [0.3, 0.4) is 0 Å². The number of nitrogens with one attached hydrogen (secondary N) is 1. The minimum Gasteiger partial charge on any atom is -0.309 e. The van der Waals surface area contributed by atoms with Crippen molar-refractivity contribution >= 4 is 11.6 Å². The first kappa shape index (κ1) is 12.1. The Morgan fingerprint density at radius 1 is 1.41 bits per heavy atom. The zero-order chi connectivity index (χ0) is 12.3. The third kappa shape index (κ3) is 2.84. The van der Waals surface area contributed by atoms with Crippen molar-refractivity contribution in [3.8, 4) is 5.69 Å². The minimum absolute atomic E-state index is 0.259. The Morgan fingerprint density at radius 3 is 2.76 bits per heavy atom. The van der Waals surface area contributed by atoms with Crippen LogP contribution in [0.15, 0.2) is 30.7 Å². The van der Waals surface area contributed by atoms with Crippen molar-refractivity contribution in [1.29, 1.82) is 0 Å². The molecule has 0 radical (unpaired) electrons. The summed E-state index contributed by atoms with van der Waals surface area (Å²) in [5, 5.41) is 8.07. The van der Waals surface area contributed by atoms with E-state index in [0.29, 0.717) is 5.02 Å². The van der Waals surface area contributed by atoms with Crippen molar-refractivity contribution in [3.63, 3.8) is 0 Å². The Labute approximate surface area is 106 Å². The van der Waals surface area contributed by atoms with Crippen LogP contribution in [0.2, 0.25) is 5.02 Å². The van der Waals surface area contributed by atoms with Crippen molar-refractivity contribution in [2.45, 2.75) is 19.9 Å². The Hall–Kier alpha value is -1.39. The lowest BCUT2D eigenvalue weighted by atomic mass is 10.2. The molecule has 0 aliphatic rings. The van der Waals surface area contributed by atoms with Crippen molar-refractivity contribution < 1.29 is 0 Å². The normalized spacial score (nSPS) is 12.6. The second-order valence-electron chi connectivity index (χ2n) is 3.82. The van der Waals surface area contributed by atoms with E-state index in [-0.39, 0.29) is 6.04 Å². The molecule has 0 amide bonds. The first-order chi connectivity index (χ1) is 8.20. The fourth-order valence-corrected chi connectivity index (χ4v) is 1.78. The van der Waals surface area contributed by atoms with Crippen LogP contribution in [0.1, 0.15) is 25.6 Å². The van der Waals surface area contributed by atoms with E-state index in [1.165, 1.54) is 0 Å². The molecule has 2 heterocycles. The second-order valence-corrected chi connectivity index (χ2v) is 4.26. The van der Waals surface area contributed by atoms with E-state index >= 15 is 0 Å². The van der Waals surface area contributed by atoms with Crippen molar-refractivity contribution in [2.75, 3.05) is 6.54 Å². The van der Waals surface area contributed by atoms with Gasteiger partial charge < -0.3 is 5.32 Å². The average Bonchev–Trinajstić information content (AvgIpc) is 2.76. The summed E-state index contributed by atoms with van der Waals surface area (Å²) in [6, 6.07) is 4.24. The smallest absolute Gasteiger partial charge is 0.0829 e. The Bertz CT molecular complexity index is 478. The Morgan fingerprint density at radius 2 is 2.24 bits per heavy atom. The maximum Gasteiger partial charge on any atom is 0.0829 e. The van der Waals surface area contributed by atoms with Crippen LogP contribution >= 0.6 is 11.6 Å². The molecule has 90 valence electrons. The van der Waals surface area contributed by atoms with Crippen LogP contribution in [0.25, 0.3) is 5.69 Å². The van der Waals surface area contributed by atoms with Gasteiger partial charge in [0.1, 0.15) is 0 Å². The highest BCUT2D eigenvalue weighted by molar-refractivity contribution is 6.30. The summed E-state index contributed by atoms with van der Waals surface area (Å²) in [5.41, 5.74) is 1.93. The number of nitrogens with zero attached hydrogens (tertiary/aromatic N) is 3. The SMILES string of the molecule is CCNC(C)c1ccc(-n2cc(Cl)cn2)cn1. The van der Waals surface area contributed by atoms with Crippen molar-refractivity contribution in [2.24, 2.45) is 0 Å². The molecule has 0 aliphatic carbocycles. The highest BCUT2D eigenvalue weighted by atomic mass is 35.5. The lowest BCUT2D eigenvalue weighted by molar-refractivity contribution is 0.583. The zero-order valence-electron chi connectivity index (χ0n) is 9.89. The molecule has 0 aromatic carbocycles. The molecule has 2 aromatic rings. The van der Waals surface area contributed by atoms with Crippen LogP contribution in [-0.2, 0) is 0 Å². The van der Waals surface area contributed by atoms with Crippen LogP contribution in [-0.4, -0.2) is 21.3 Å². The molecule has 0 saturated heterocycles. The van der Waals surface area contributed by atoms with Gasteiger partial charge in [0.25, 0.3) is 0 Å². The zero-order valence-corrected chi connectivity index (χ0v) is 10.6. The van der Waals surface area contributed by atoms with Gasteiger partial charge in [-0.15, -0.1) is 0 Å². The number of hydrogen-bond acceptors (Lipinski definition) is 3. The molecule has 4 nitrogen and oxygen atoms in total. The predicted molar refractivity (Wildman–Crippen MR) is 68.5 cm³/mol. The summed E-state index contributed by atoms with van der Waals surface area (Å²) in [4.78, 5) is 4.42. The topological polar surface area (TPSA) is 42.7 Å². The van der Waals surface area contributed by atoms with E-state index in [0.717, 1.165) is 17.9 Å². The van der Waals surface area contributed by atoms with E-state index in [9.17, 15) is 0 Å². The van der Waals surface area contributed by atoms with E-state index in [2.05, 4.69) is 29.2 Å². The fraction of sp³-hybridized carbons (Fsp3) is 0.333. The summed E-state index contributed by atoms with van der Waals surface area (Å²) in [6.45, 7) is 5.10. The third-order valence-electron chi connectivity index (χ3n) is 2.54. The molecule has 1 N–H and O–H groups in total. The van der Waals surface area contributed by atoms with Crippen LogP contribution in [0.5, 0.6) is 0 Å². The van der Waals surface area contributed by atoms with Crippen molar-refractivity contribution in [1.82, 2.24) is 20.1 Å². The first-order valence-corrected chi connectivity index (χ1v) is 5.98. The van der Waals surface area contributed by atoms with E-state index in [1.807, 2.05) is 12.1 Å². The monoisotopic (exact) mass is 250 g/mol. The van der Waals surface area contributed by atoms with Gasteiger partial charge in [0, 0.05) is 12.2 Å². The number of halogens is 1. The molecule has 1 unspecified atom stereocenters.